The van der Waals surface area contributed by atoms with Crippen molar-refractivity contribution in [3.8, 4) is 0 Å². The monoisotopic (exact) mass is 202 g/mol. The molecule has 0 spiro atoms. The van der Waals surface area contributed by atoms with E-state index in [0.717, 1.165) is 22.5 Å². The topological polar surface area (TPSA) is 29.3 Å². The highest BCUT2D eigenvalue weighted by atomic mass is 15.1. The zero-order valence-electron chi connectivity index (χ0n) is 9.62. The van der Waals surface area contributed by atoms with E-state index < -0.39 is 0 Å². The van der Waals surface area contributed by atoms with Crippen molar-refractivity contribution in [2.24, 2.45) is 5.73 Å². The summed E-state index contributed by atoms with van der Waals surface area (Å²) in [4.78, 5) is 1.90. The van der Waals surface area contributed by atoms with Crippen LogP contribution in [0.1, 0.15) is 12.5 Å². The standard InChI is InChI=1S/C13H18N2/c1-10(2)12(13(14)15(3)4)11-8-6-5-7-9-11/h5-9H,1,14H2,2-4H3/b13-12+. The molecule has 1 rings (SSSR count). The quantitative estimate of drug-likeness (QED) is 0.763. The first-order chi connectivity index (χ1) is 7.04. The van der Waals surface area contributed by atoms with Gasteiger partial charge in [-0.2, -0.15) is 0 Å². The molecule has 80 valence electrons. The van der Waals surface area contributed by atoms with Gasteiger partial charge in [0.25, 0.3) is 0 Å². The molecule has 1 aromatic carbocycles. The van der Waals surface area contributed by atoms with Crippen LogP contribution in [0.15, 0.2) is 48.3 Å². The molecule has 2 nitrogen and oxygen atoms in total. The first-order valence-corrected chi connectivity index (χ1v) is 4.92. The van der Waals surface area contributed by atoms with Gasteiger partial charge in [-0.25, -0.2) is 0 Å². The Balaban J connectivity index is 3.27. The summed E-state index contributed by atoms with van der Waals surface area (Å²) in [6, 6.07) is 10.1. The fraction of sp³-hybridized carbons (Fsp3) is 0.231. The second-order valence-corrected chi connectivity index (χ2v) is 3.80. The maximum atomic E-state index is 6.04. The zero-order chi connectivity index (χ0) is 11.4. The average Bonchev–Trinajstić information content (AvgIpc) is 2.18. The summed E-state index contributed by atoms with van der Waals surface area (Å²) in [7, 11) is 3.86. The lowest BCUT2D eigenvalue weighted by Gasteiger charge is -2.18. The molecular weight excluding hydrogens is 184 g/mol. The van der Waals surface area contributed by atoms with Gasteiger partial charge in [-0.05, 0) is 18.1 Å². The molecule has 0 heterocycles. The Morgan fingerprint density at radius 3 is 2.13 bits per heavy atom. The fourth-order valence-corrected chi connectivity index (χ4v) is 1.44. The van der Waals surface area contributed by atoms with Gasteiger partial charge in [0.2, 0.25) is 0 Å². The summed E-state index contributed by atoms with van der Waals surface area (Å²) in [5.41, 5.74) is 9.14. The van der Waals surface area contributed by atoms with Gasteiger partial charge >= 0.3 is 0 Å². The van der Waals surface area contributed by atoms with Crippen molar-refractivity contribution in [2.45, 2.75) is 6.92 Å². The molecule has 0 aliphatic carbocycles. The van der Waals surface area contributed by atoms with Gasteiger partial charge in [-0.15, -0.1) is 0 Å². The van der Waals surface area contributed by atoms with Crippen LogP contribution in [0.4, 0.5) is 0 Å². The lowest BCUT2D eigenvalue weighted by molar-refractivity contribution is 0.508. The lowest BCUT2D eigenvalue weighted by atomic mass is 10.00. The Labute approximate surface area is 91.7 Å². The molecule has 0 aliphatic rings. The number of nitrogens with two attached hydrogens (primary N) is 1. The molecule has 1 aromatic rings. The van der Waals surface area contributed by atoms with Crippen LogP contribution < -0.4 is 5.73 Å². The average molecular weight is 202 g/mol. The minimum atomic E-state index is 0.744. The molecule has 0 amide bonds. The molecule has 0 aromatic heterocycles. The van der Waals surface area contributed by atoms with E-state index >= 15 is 0 Å². The molecular formula is C13H18N2. The van der Waals surface area contributed by atoms with E-state index in [4.69, 9.17) is 5.73 Å². The van der Waals surface area contributed by atoms with Crippen LogP contribution in [0.5, 0.6) is 0 Å². The van der Waals surface area contributed by atoms with Crippen LogP contribution >= 0.6 is 0 Å². The van der Waals surface area contributed by atoms with Gasteiger partial charge in [0.1, 0.15) is 5.82 Å². The summed E-state index contributed by atoms with van der Waals surface area (Å²) in [6.45, 7) is 5.94. The molecule has 0 fully saturated rings. The predicted octanol–water partition coefficient (Wildman–Crippen LogP) is 2.45. The molecule has 0 atom stereocenters. The number of hydrogen-bond acceptors (Lipinski definition) is 2. The first-order valence-electron chi connectivity index (χ1n) is 4.92. The highest BCUT2D eigenvalue weighted by Crippen LogP contribution is 2.23. The highest BCUT2D eigenvalue weighted by molar-refractivity contribution is 5.79. The molecule has 0 saturated heterocycles. The van der Waals surface area contributed by atoms with E-state index in [2.05, 4.69) is 6.58 Å². The molecule has 0 aliphatic heterocycles. The van der Waals surface area contributed by atoms with Crippen molar-refractivity contribution < 1.29 is 0 Å². The van der Waals surface area contributed by atoms with Crippen molar-refractivity contribution >= 4 is 5.57 Å². The molecule has 0 saturated carbocycles. The SMILES string of the molecule is C=C(C)/C(=C(/N)N(C)C)c1ccccc1. The second-order valence-electron chi connectivity index (χ2n) is 3.80. The van der Waals surface area contributed by atoms with Crippen molar-refractivity contribution in [1.82, 2.24) is 4.90 Å². The minimum absolute atomic E-state index is 0.744. The summed E-state index contributed by atoms with van der Waals surface area (Å²) in [5.74, 6) is 0.744. The summed E-state index contributed by atoms with van der Waals surface area (Å²) < 4.78 is 0. The molecule has 0 bridgehead atoms. The van der Waals surface area contributed by atoms with Crippen molar-refractivity contribution in [3.05, 3.63) is 53.9 Å². The van der Waals surface area contributed by atoms with E-state index in [1.54, 1.807) is 0 Å². The van der Waals surface area contributed by atoms with Gasteiger partial charge < -0.3 is 10.6 Å². The largest absolute Gasteiger partial charge is 0.385 e. The van der Waals surface area contributed by atoms with E-state index in [1.165, 1.54) is 0 Å². The van der Waals surface area contributed by atoms with Gasteiger partial charge in [0.05, 0.1) is 0 Å². The smallest absolute Gasteiger partial charge is 0.106 e. The summed E-state index contributed by atoms with van der Waals surface area (Å²) >= 11 is 0. The van der Waals surface area contributed by atoms with Crippen LogP contribution in [0.25, 0.3) is 5.57 Å². The molecule has 2 heteroatoms. The molecule has 15 heavy (non-hydrogen) atoms. The normalized spacial score (nSPS) is 11.9. The van der Waals surface area contributed by atoms with E-state index in [-0.39, 0.29) is 0 Å². The first kappa shape index (κ1) is 11.4. The van der Waals surface area contributed by atoms with Gasteiger partial charge in [-0.1, -0.05) is 36.9 Å². The fourth-order valence-electron chi connectivity index (χ4n) is 1.44. The van der Waals surface area contributed by atoms with Crippen molar-refractivity contribution in [2.75, 3.05) is 14.1 Å². The molecule has 0 unspecified atom stereocenters. The minimum Gasteiger partial charge on any atom is -0.385 e. The maximum absolute atomic E-state index is 6.04. The number of benzene rings is 1. The van der Waals surface area contributed by atoms with Gasteiger partial charge in [0, 0.05) is 19.7 Å². The van der Waals surface area contributed by atoms with Crippen LogP contribution in [0.3, 0.4) is 0 Å². The Morgan fingerprint density at radius 2 is 1.73 bits per heavy atom. The Hall–Kier alpha value is -1.70. The Morgan fingerprint density at radius 1 is 1.20 bits per heavy atom. The molecule has 2 N–H and O–H groups in total. The highest BCUT2D eigenvalue weighted by Gasteiger charge is 2.08. The van der Waals surface area contributed by atoms with Crippen LogP contribution in [0, 0.1) is 0 Å². The van der Waals surface area contributed by atoms with E-state index in [9.17, 15) is 0 Å². The Kier molecular flexibility index (Phi) is 3.56. The van der Waals surface area contributed by atoms with E-state index in [1.807, 2.05) is 56.3 Å². The van der Waals surface area contributed by atoms with Crippen LogP contribution in [-0.4, -0.2) is 19.0 Å². The van der Waals surface area contributed by atoms with Gasteiger partial charge in [-0.3, -0.25) is 0 Å². The zero-order valence-corrected chi connectivity index (χ0v) is 9.62. The van der Waals surface area contributed by atoms with Crippen molar-refractivity contribution in [1.29, 1.82) is 0 Å². The number of rotatable bonds is 3. The third-order valence-electron chi connectivity index (χ3n) is 2.23. The third-order valence-corrected chi connectivity index (χ3v) is 2.23. The third kappa shape index (κ3) is 2.62. The molecule has 0 radical (unpaired) electrons. The lowest BCUT2D eigenvalue weighted by Crippen LogP contribution is -2.20. The van der Waals surface area contributed by atoms with Crippen LogP contribution in [-0.2, 0) is 0 Å². The van der Waals surface area contributed by atoms with Crippen LogP contribution in [0.2, 0.25) is 0 Å². The predicted molar refractivity (Wildman–Crippen MR) is 66.1 cm³/mol. The number of hydrogen-bond donors (Lipinski definition) is 1. The maximum Gasteiger partial charge on any atom is 0.106 e. The number of allylic oxidation sites excluding steroid dienone is 2. The summed E-state index contributed by atoms with van der Waals surface area (Å²) in [6.07, 6.45) is 0. The Bertz CT molecular complexity index is 375. The number of nitrogens with zero attached hydrogens (tertiary/aromatic N) is 1. The van der Waals surface area contributed by atoms with E-state index in [0.29, 0.717) is 0 Å². The van der Waals surface area contributed by atoms with Gasteiger partial charge in [0.15, 0.2) is 0 Å². The summed E-state index contributed by atoms with van der Waals surface area (Å²) in [5, 5.41) is 0. The van der Waals surface area contributed by atoms with Crippen molar-refractivity contribution in [3.63, 3.8) is 0 Å². The second kappa shape index (κ2) is 4.69.